The first-order chi connectivity index (χ1) is 11.7. The molecule has 0 aromatic heterocycles. The van der Waals surface area contributed by atoms with E-state index in [9.17, 15) is 4.39 Å². The largest absolute Gasteiger partial charge is 0.497 e. The SMILES string of the molecule is CCNC(=NCc1ccccc1F)NCCc1ccc(OC)cc1. The minimum atomic E-state index is -0.227. The molecule has 0 aliphatic carbocycles. The second kappa shape index (κ2) is 9.55. The molecule has 0 aliphatic heterocycles. The van der Waals surface area contributed by atoms with Crippen molar-refractivity contribution in [3.63, 3.8) is 0 Å². The Morgan fingerprint density at radius 2 is 1.83 bits per heavy atom. The highest BCUT2D eigenvalue weighted by Crippen LogP contribution is 2.11. The molecule has 2 aromatic rings. The van der Waals surface area contributed by atoms with Crippen LogP contribution in [0.15, 0.2) is 53.5 Å². The van der Waals surface area contributed by atoms with Crippen LogP contribution >= 0.6 is 0 Å². The number of rotatable bonds is 7. The maximum Gasteiger partial charge on any atom is 0.191 e. The third-order valence-corrected chi connectivity index (χ3v) is 3.57. The van der Waals surface area contributed by atoms with Crippen molar-refractivity contribution in [2.45, 2.75) is 19.9 Å². The summed E-state index contributed by atoms with van der Waals surface area (Å²) in [5.41, 5.74) is 1.80. The Morgan fingerprint density at radius 3 is 2.50 bits per heavy atom. The molecule has 0 radical (unpaired) electrons. The normalized spacial score (nSPS) is 11.2. The third kappa shape index (κ3) is 5.57. The molecule has 2 rings (SSSR count). The van der Waals surface area contributed by atoms with E-state index < -0.39 is 0 Å². The first kappa shape index (κ1) is 17.8. The molecule has 0 aliphatic rings. The molecule has 5 heteroatoms. The minimum absolute atomic E-state index is 0.227. The Labute approximate surface area is 142 Å². The van der Waals surface area contributed by atoms with E-state index in [4.69, 9.17) is 4.74 Å². The lowest BCUT2D eigenvalue weighted by atomic mass is 10.1. The van der Waals surface area contributed by atoms with Crippen molar-refractivity contribution >= 4 is 5.96 Å². The lowest BCUT2D eigenvalue weighted by molar-refractivity contribution is 0.414. The zero-order valence-corrected chi connectivity index (χ0v) is 14.2. The van der Waals surface area contributed by atoms with Crippen LogP contribution < -0.4 is 15.4 Å². The highest BCUT2D eigenvalue weighted by atomic mass is 19.1. The maximum absolute atomic E-state index is 13.6. The number of nitrogens with one attached hydrogen (secondary N) is 2. The molecule has 4 nitrogen and oxygen atoms in total. The van der Waals surface area contributed by atoms with Crippen molar-refractivity contribution in [3.05, 3.63) is 65.5 Å². The summed E-state index contributed by atoms with van der Waals surface area (Å²) in [4.78, 5) is 4.44. The summed E-state index contributed by atoms with van der Waals surface area (Å²) in [5, 5.41) is 6.45. The predicted molar refractivity (Wildman–Crippen MR) is 95.9 cm³/mol. The van der Waals surface area contributed by atoms with Gasteiger partial charge in [-0.05, 0) is 37.1 Å². The zero-order chi connectivity index (χ0) is 17.2. The lowest BCUT2D eigenvalue weighted by Gasteiger charge is -2.11. The molecule has 24 heavy (non-hydrogen) atoms. The highest BCUT2D eigenvalue weighted by molar-refractivity contribution is 5.79. The van der Waals surface area contributed by atoms with Crippen LogP contribution in [0, 0.1) is 5.82 Å². The number of hydrogen-bond donors (Lipinski definition) is 2. The summed E-state index contributed by atoms with van der Waals surface area (Å²) in [6.45, 7) is 3.81. The van der Waals surface area contributed by atoms with Crippen molar-refractivity contribution in [3.8, 4) is 5.75 Å². The fourth-order valence-corrected chi connectivity index (χ4v) is 2.25. The number of guanidine groups is 1. The first-order valence-corrected chi connectivity index (χ1v) is 8.11. The van der Waals surface area contributed by atoms with E-state index in [0.29, 0.717) is 18.1 Å². The first-order valence-electron chi connectivity index (χ1n) is 8.11. The summed E-state index contributed by atoms with van der Waals surface area (Å²) < 4.78 is 18.8. The van der Waals surface area contributed by atoms with Crippen LogP contribution in [0.2, 0.25) is 0 Å². The molecule has 0 saturated heterocycles. The topological polar surface area (TPSA) is 45.7 Å². The monoisotopic (exact) mass is 329 g/mol. The summed E-state index contributed by atoms with van der Waals surface area (Å²) in [5.74, 6) is 1.32. The summed E-state index contributed by atoms with van der Waals surface area (Å²) in [6, 6.07) is 14.7. The maximum atomic E-state index is 13.6. The fourth-order valence-electron chi connectivity index (χ4n) is 2.25. The molecule has 2 N–H and O–H groups in total. The van der Waals surface area contributed by atoms with Gasteiger partial charge in [-0.2, -0.15) is 0 Å². The van der Waals surface area contributed by atoms with Crippen molar-refractivity contribution in [1.82, 2.24) is 10.6 Å². The molecule has 2 aromatic carbocycles. The van der Waals surface area contributed by atoms with E-state index in [2.05, 4.69) is 15.6 Å². The smallest absolute Gasteiger partial charge is 0.191 e. The Morgan fingerprint density at radius 1 is 1.08 bits per heavy atom. The standard InChI is InChI=1S/C19H24FN3O/c1-3-21-19(23-14-16-6-4-5-7-18(16)20)22-13-12-15-8-10-17(24-2)11-9-15/h4-11H,3,12-14H2,1-2H3,(H2,21,22,23). The van der Waals surface area contributed by atoms with Crippen LogP contribution in [-0.2, 0) is 13.0 Å². The molecule has 0 atom stereocenters. The molecule has 0 unspecified atom stereocenters. The van der Waals surface area contributed by atoms with Gasteiger partial charge in [-0.15, -0.1) is 0 Å². The van der Waals surface area contributed by atoms with Gasteiger partial charge < -0.3 is 15.4 Å². The van der Waals surface area contributed by atoms with Crippen LogP contribution in [-0.4, -0.2) is 26.2 Å². The van der Waals surface area contributed by atoms with Gasteiger partial charge in [0.25, 0.3) is 0 Å². The van der Waals surface area contributed by atoms with E-state index in [0.717, 1.165) is 25.3 Å². The van der Waals surface area contributed by atoms with Crippen LogP contribution in [0.3, 0.4) is 0 Å². The van der Waals surface area contributed by atoms with Gasteiger partial charge in [0.05, 0.1) is 13.7 Å². The quantitative estimate of drug-likeness (QED) is 0.606. The number of halogens is 1. The van der Waals surface area contributed by atoms with Gasteiger partial charge in [-0.25, -0.2) is 9.38 Å². The highest BCUT2D eigenvalue weighted by Gasteiger charge is 2.02. The Hall–Kier alpha value is -2.56. The van der Waals surface area contributed by atoms with Gasteiger partial charge >= 0.3 is 0 Å². The molecule has 0 amide bonds. The molecule has 0 fully saturated rings. The van der Waals surface area contributed by atoms with Crippen molar-refractivity contribution < 1.29 is 9.13 Å². The van der Waals surface area contributed by atoms with Crippen molar-refractivity contribution in [1.29, 1.82) is 0 Å². The van der Waals surface area contributed by atoms with E-state index in [1.807, 2.05) is 37.3 Å². The second-order valence-corrected chi connectivity index (χ2v) is 5.31. The van der Waals surface area contributed by atoms with Gasteiger partial charge in [-0.3, -0.25) is 0 Å². The number of hydrogen-bond acceptors (Lipinski definition) is 2. The Bertz CT molecular complexity index is 656. The van der Waals surface area contributed by atoms with Crippen molar-refractivity contribution in [2.75, 3.05) is 20.2 Å². The number of aliphatic imine (C=N–C) groups is 1. The number of nitrogens with zero attached hydrogens (tertiary/aromatic N) is 1. The minimum Gasteiger partial charge on any atom is -0.497 e. The van der Waals surface area contributed by atoms with E-state index >= 15 is 0 Å². The van der Waals surface area contributed by atoms with Gasteiger partial charge in [-0.1, -0.05) is 30.3 Å². The Balaban J connectivity index is 1.88. The molecule has 0 bridgehead atoms. The zero-order valence-electron chi connectivity index (χ0n) is 14.2. The van der Waals surface area contributed by atoms with E-state index in [-0.39, 0.29) is 5.82 Å². The summed E-state index contributed by atoms with van der Waals surface area (Å²) in [7, 11) is 1.66. The van der Waals surface area contributed by atoms with Crippen LogP contribution in [0.1, 0.15) is 18.1 Å². The Kier molecular flexibility index (Phi) is 7.08. The van der Waals surface area contributed by atoms with E-state index in [1.165, 1.54) is 11.6 Å². The van der Waals surface area contributed by atoms with E-state index in [1.54, 1.807) is 19.2 Å². The average molecular weight is 329 g/mol. The van der Waals surface area contributed by atoms with Crippen LogP contribution in [0.5, 0.6) is 5.75 Å². The predicted octanol–water partition coefficient (Wildman–Crippen LogP) is 3.13. The fraction of sp³-hybridized carbons (Fsp3) is 0.316. The molecular weight excluding hydrogens is 305 g/mol. The van der Waals surface area contributed by atoms with Gasteiger partial charge in [0.1, 0.15) is 11.6 Å². The van der Waals surface area contributed by atoms with Crippen LogP contribution in [0.4, 0.5) is 4.39 Å². The van der Waals surface area contributed by atoms with Gasteiger partial charge in [0.2, 0.25) is 0 Å². The average Bonchev–Trinajstić information content (AvgIpc) is 2.61. The second-order valence-electron chi connectivity index (χ2n) is 5.31. The summed E-state index contributed by atoms with van der Waals surface area (Å²) in [6.07, 6.45) is 0.869. The number of ether oxygens (including phenoxy) is 1. The lowest BCUT2D eigenvalue weighted by Crippen LogP contribution is -2.38. The third-order valence-electron chi connectivity index (χ3n) is 3.57. The number of methoxy groups -OCH3 is 1. The molecule has 0 heterocycles. The molecule has 0 saturated carbocycles. The van der Waals surface area contributed by atoms with Gasteiger partial charge in [0.15, 0.2) is 5.96 Å². The molecule has 0 spiro atoms. The molecule has 128 valence electrons. The summed E-state index contributed by atoms with van der Waals surface area (Å²) >= 11 is 0. The van der Waals surface area contributed by atoms with Crippen molar-refractivity contribution in [2.24, 2.45) is 4.99 Å². The number of benzene rings is 2. The molecular formula is C19H24FN3O. The van der Waals surface area contributed by atoms with Gasteiger partial charge in [0, 0.05) is 18.7 Å². The van der Waals surface area contributed by atoms with Crippen LogP contribution in [0.25, 0.3) is 0 Å².